The zero-order valence-electron chi connectivity index (χ0n) is 19.5. The van der Waals surface area contributed by atoms with Gasteiger partial charge in [0.25, 0.3) is 0 Å². The third-order valence-corrected chi connectivity index (χ3v) is 6.19. The minimum absolute atomic E-state index is 0.271. The first-order chi connectivity index (χ1) is 15.2. The molecule has 2 aromatic carbocycles. The Morgan fingerprint density at radius 2 is 1.13 bits per heavy atom. The molecule has 0 atom stereocenters. The highest BCUT2D eigenvalue weighted by atomic mass is 16.1. The molecular weight excluding hydrogens is 380 g/mol. The number of Topliss-reactive ketones (excluding diaryl/α,β-unsaturated/α-hetero) is 1. The van der Waals surface area contributed by atoms with Crippen LogP contribution in [0.3, 0.4) is 0 Å². The summed E-state index contributed by atoms with van der Waals surface area (Å²) in [5, 5.41) is 0. The normalized spacial score (nSPS) is 17.4. The van der Waals surface area contributed by atoms with Gasteiger partial charge in [0, 0.05) is 43.9 Å². The number of carbonyl (C=O) groups is 1. The summed E-state index contributed by atoms with van der Waals surface area (Å²) in [5.74, 6) is 0.271. The van der Waals surface area contributed by atoms with Crippen molar-refractivity contribution in [3.05, 3.63) is 82.9 Å². The van der Waals surface area contributed by atoms with Crippen molar-refractivity contribution in [2.24, 2.45) is 0 Å². The summed E-state index contributed by atoms with van der Waals surface area (Å²) in [6.45, 7) is 12.3. The highest BCUT2D eigenvalue weighted by Gasteiger charge is 2.30. The molecule has 31 heavy (non-hydrogen) atoms. The van der Waals surface area contributed by atoms with Crippen molar-refractivity contribution in [1.82, 2.24) is 9.80 Å². The van der Waals surface area contributed by atoms with Crippen LogP contribution in [0.5, 0.6) is 0 Å². The van der Waals surface area contributed by atoms with E-state index < -0.39 is 0 Å². The number of benzene rings is 2. The van der Waals surface area contributed by atoms with E-state index in [-0.39, 0.29) is 5.78 Å². The third-order valence-electron chi connectivity index (χ3n) is 6.19. The predicted molar refractivity (Wildman–Crippen MR) is 131 cm³/mol. The third kappa shape index (κ3) is 4.92. The Morgan fingerprint density at radius 3 is 1.61 bits per heavy atom. The standard InChI is InChI=1S/C28H36N2O/c1-5-29(6-2)27(22-16-11-9-12-17-22)24-20-15-21-25(31)26(24)28(30(7-3)8-4)23-18-13-10-14-19-23/h9-14,16-19H,5-8,15,20-21H2,1-4H3. The maximum Gasteiger partial charge on any atom is 0.165 e. The van der Waals surface area contributed by atoms with Crippen LogP contribution in [0.4, 0.5) is 0 Å². The Hall–Kier alpha value is -2.81. The molecule has 3 rings (SSSR count). The highest BCUT2D eigenvalue weighted by Crippen LogP contribution is 2.39. The fourth-order valence-corrected chi connectivity index (χ4v) is 4.66. The van der Waals surface area contributed by atoms with E-state index in [0.29, 0.717) is 6.42 Å². The van der Waals surface area contributed by atoms with Gasteiger partial charge < -0.3 is 9.80 Å². The zero-order valence-corrected chi connectivity index (χ0v) is 19.5. The highest BCUT2D eigenvalue weighted by molar-refractivity contribution is 6.09. The molecule has 0 unspecified atom stereocenters. The van der Waals surface area contributed by atoms with Crippen molar-refractivity contribution in [3.8, 4) is 0 Å². The van der Waals surface area contributed by atoms with Crippen molar-refractivity contribution in [3.63, 3.8) is 0 Å². The molecule has 0 heterocycles. The molecule has 1 aliphatic rings. The van der Waals surface area contributed by atoms with Crippen LogP contribution in [0, 0.1) is 0 Å². The molecule has 0 amide bonds. The van der Waals surface area contributed by atoms with Crippen molar-refractivity contribution < 1.29 is 4.79 Å². The lowest BCUT2D eigenvalue weighted by molar-refractivity contribution is -0.115. The number of allylic oxidation sites excluding steroid dienone is 2. The lowest BCUT2D eigenvalue weighted by Crippen LogP contribution is -2.29. The molecule has 0 spiro atoms. The summed E-state index contributed by atoms with van der Waals surface area (Å²) >= 11 is 0. The van der Waals surface area contributed by atoms with Gasteiger partial charge in [-0.05, 0) is 57.2 Å². The second kappa shape index (κ2) is 11.0. The van der Waals surface area contributed by atoms with E-state index in [1.807, 2.05) is 6.07 Å². The molecule has 0 saturated heterocycles. The molecule has 3 nitrogen and oxygen atoms in total. The number of hydrogen-bond donors (Lipinski definition) is 0. The molecule has 1 saturated carbocycles. The van der Waals surface area contributed by atoms with Gasteiger partial charge in [0.05, 0.1) is 5.70 Å². The molecule has 2 aromatic rings. The summed E-state index contributed by atoms with van der Waals surface area (Å²) in [6.07, 6.45) is 2.46. The number of ketones is 1. The van der Waals surface area contributed by atoms with Crippen LogP contribution in [-0.2, 0) is 4.79 Å². The van der Waals surface area contributed by atoms with Gasteiger partial charge in [-0.2, -0.15) is 0 Å². The molecule has 0 N–H and O–H groups in total. The predicted octanol–water partition coefficient (Wildman–Crippen LogP) is 6.25. The summed E-state index contributed by atoms with van der Waals surface area (Å²) in [6, 6.07) is 21.1. The molecule has 0 radical (unpaired) electrons. The Balaban J connectivity index is 2.40. The maximum atomic E-state index is 13.6. The van der Waals surface area contributed by atoms with Gasteiger partial charge in [-0.15, -0.1) is 0 Å². The first-order valence-electron chi connectivity index (χ1n) is 11.8. The monoisotopic (exact) mass is 416 g/mol. The van der Waals surface area contributed by atoms with E-state index in [4.69, 9.17) is 0 Å². The van der Waals surface area contributed by atoms with Gasteiger partial charge in [-0.25, -0.2) is 0 Å². The van der Waals surface area contributed by atoms with Crippen LogP contribution in [0.1, 0.15) is 58.1 Å². The van der Waals surface area contributed by atoms with E-state index in [1.54, 1.807) is 0 Å². The molecule has 0 aliphatic heterocycles. The van der Waals surface area contributed by atoms with Crippen LogP contribution >= 0.6 is 0 Å². The van der Waals surface area contributed by atoms with Gasteiger partial charge in [0.2, 0.25) is 0 Å². The Bertz CT molecular complexity index is 920. The van der Waals surface area contributed by atoms with E-state index in [0.717, 1.165) is 55.9 Å². The van der Waals surface area contributed by atoms with E-state index >= 15 is 0 Å². The SMILES string of the molecule is CCN(CC)C(=C1CCCC(=O)C1=C(c1ccccc1)N(CC)CC)c1ccccc1. The molecule has 0 aromatic heterocycles. The van der Waals surface area contributed by atoms with Crippen LogP contribution in [0.15, 0.2) is 71.8 Å². The quantitative estimate of drug-likeness (QED) is 0.476. The zero-order chi connectivity index (χ0) is 22.2. The molecule has 1 aliphatic carbocycles. The van der Waals surface area contributed by atoms with Crippen LogP contribution < -0.4 is 0 Å². The number of nitrogens with zero attached hydrogens (tertiary/aromatic N) is 2. The first kappa shape index (κ1) is 22.9. The molecule has 0 bridgehead atoms. The van der Waals surface area contributed by atoms with E-state index in [1.165, 1.54) is 16.8 Å². The Morgan fingerprint density at radius 1 is 0.677 bits per heavy atom. The lowest BCUT2D eigenvalue weighted by atomic mass is 9.82. The first-order valence-corrected chi connectivity index (χ1v) is 11.8. The second-order valence-electron chi connectivity index (χ2n) is 7.90. The Labute approximate surface area is 188 Å². The van der Waals surface area contributed by atoms with Gasteiger partial charge in [-0.3, -0.25) is 4.79 Å². The molecule has 3 heteroatoms. The summed E-state index contributed by atoms with van der Waals surface area (Å²) < 4.78 is 0. The topological polar surface area (TPSA) is 23.6 Å². The van der Waals surface area contributed by atoms with Crippen molar-refractivity contribution in [2.45, 2.75) is 47.0 Å². The number of rotatable bonds is 8. The fourth-order valence-electron chi connectivity index (χ4n) is 4.66. The van der Waals surface area contributed by atoms with E-state index in [9.17, 15) is 4.79 Å². The summed E-state index contributed by atoms with van der Waals surface area (Å²) in [5.41, 5.74) is 6.75. The average molecular weight is 417 g/mol. The fraction of sp³-hybridized carbons (Fsp3) is 0.393. The number of carbonyl (C=O) groups excluding carboxylic acids is 1. The largest absolute Gasteiger partial charge is 0.371 e. The second-order valence-corrected chi connectivity index (χ2v) is 7.90. The van der Waals surface area contributed by atoms with Crippen LogP contribution in [0.25, 0.3) is 11.4 Å². The minimum Gasteiger partial charge on any atom is -0.371 e. The maximum absolute atomic E-state index is 13.6. The van der Waals surface area contributed by atoms with Crippen LogP contribution in [0.2, 0.25) is 0 Å². The van der Waals surface area contributed by atoms with Gasteiger partial charge in [-0.1, -0.05) is 60.7 Å². The summed E-state index contributed by atoms with van der Waals surface area (Å²) in [7, 11) is 0. The van der Waals surface area contributed by atoms with Gasteiger partial charge in [0.1, 0.15) is 0 Å². The molecule has 1 fully saturated rings. The van der Waals surface area contributed by atoms with Crippen molar-refractivity contribution in [2.75, 3.05) is 26.2 Å². The van der Waals surface area contributed by atoms with Gasteiger partial charge in [0.15, 0.2) is 5.78 Å². The average Bonchev–Trinajstić information content (AvgIpc) is 2.82. The molecule has 164 valence electrons. The van der Waals surface area contributed by atoms with Crippen molar-refractivity contribution in [1.29, 1.82) is 0 Å². The number of hydrogen-bond acceptors (Lipinski definition) is 3. The summed E-state index contributed by atoms with van der Waals surface area (Å²) in [4.78, 5) is 18.3. The lowest BCUT2D eigenvalue weighted by Gasteiger charge is -2.34. The van der Waals surface area contributed by atoms with Crippen molar-refractivity contribution >= 4 is 17.2 Å². The van der Waals surface area contributed by atoms with Gasteiger partial charge >= 0.3 is 0 Å². The molecular formula is C28H36N2O. The minimum atomic E-state index is 0.271. The van der Waals surface area contributed by atoms with Crippen LogP contribution in [-0.4, -0.2) is 41.8 Å². The van der Waals surface area contributed by atoms with E-state index in [2.05, 4.69) is 92.1 Å². The Kier molecular flexibility index (Phi) is 8.11. The smallest absolute Gasteiger partial charge is 0.165 e.